The van der Waals surface area contributed by atoms with E-state index < -0.39 is 0 Å². The highest BCUT2D eigenvalue weighted by Gasteiger charge is 2.16. The lowest BCUT2D eigenvalue weighted by atomic mass is 10.1. The van der Waals surface area contributed by atoms with Crippen LogP contribution in [0.2, 0.25) is 0 Å². The largest absolute Gasteiger partial charge is 0.497 e. The Labute approximate surface area is 117 Å². The van der Waals surface area contributed by atoms with Gasteiger partial charge in [-0.15, -0.1) is 5.10 Å². The Morgan fingerprint density at radius 1 is 1.25 bits per heavy atom. The second kappa shape index (κ2) is 6.23. The van der Waals surface area contributed by atoms with Gasteiger partial charge < -0.3 is 15.2 Å². The van der Waals surface area contributed by atoms with E-state index in [1.807, 2.05) is 6.07 Å². The number of nitrogens with two attached hydrogens (primary N) is 1. The van der Waals surface area contributed by atoms with Gasteiger partial charge in [0, 0.05) is 12.6 Å². The highest BCUT2D eigenvalue weighted by molar-refractivity contribution is 5.78. The van der Waals surface area contributed by atoms with Crippen molar-refractivity contribution in [3.8, 4) is 22.9 Å². The molecule has 0 amide bonds. The zero-order chi connectivity index (χ0) is 14.5. The molecule has 7 heteroatoms. The predicted molar refractivity (Wildman–Crippen MR) is 75.7 cm³/mol. The molecule has 0 bridgehead atoms. The van der Waals surface area contributed by atoms with Crippen LogP contribution in [0.5, 0.6) is 11.5 Å². The van der Waals surface area contributed by atoms with E-state index in [1.165, 1.54) is 0 Å². The smallest absolute Gasteiger partial charge is 0.184 e. The van der Waals surface area contributed by atoms with Crippen molar-refractivity contribution in [2.45, 2.75) is 26.3 Å². The van der Waals surface area contributed by atoms with E-state index in [0.717, 1.165) is 19.4 Å². The van der Waals surface area contributed by atoms with Gasteiger partial charge in [-0.1, -0.05) is 13.3 Å². The molecule has 108 valence electrons. The van der Waals surface area contributed by atoms with Gasteiger partial charge in [-0.05, 0) is 22.9 Å². The minimum absolute atomic E-state index is 0.501. The molecule has 0 radical (unpaired) electrons. The molecule has 20 heavy (non-hydrogen) atoms. The van der Waals surface area contributed by atoms with Crippen LogP contribution in [-0.4, -0.2) is 34.4 Å². The van der Waals surface area contributed by atoms with Crippen LogP contribution in [0.15, 0.2) is 12.1 Å². The molecule has 0 saturated carbocycles. The van der Waals surface area contributed by atoms with Crippen LogP contribution in [0.4, 0.5) is 5.69 Å². The molecule has 0 fully saturated rings. The van der Waals surface area contributed by atoms with Crippen LogP contribution in [0, 0.1) is 0 Å². The molecule has 2 rings (SSSR count). The van der Waals surface area contributed by atoms with Crippen LogP contribution < -0.4 is 15.2 Å². The third-order valence-corrected chi connectivity index (χ3v) is 3.07. The first kappa shape index (κ1) is 14.1. The highest BCUT2D eigenvalue weighted by Crippen LogP contribution is 2.36. The minimum Gasteiger partial charge on any atom is -0.497 e. The maximum Gasteiger partial charge on any atom is 0.184 e. The summed E-state index contributed by atoms with van der Waals surface area (Å²) in [4.78, 5) is 0. The SMILES string of the molecule is CCCCn1nnnc1-c1cc(OC)cc(OC)c1N. The van der Waals surface area contributed by atoms with Gasteiger partial charge >= 0.3 is 0 Å². The molecular formula is C13H19N5O2. The molecule has 1 aromatic heterocycles. The van der Waals surface area contributed by atoms with Crippen LogP contribution in [0.3, 0.4) is 0 Å². The van der Waals surface area contributed by atoms with Gasteiger partial charge in [0.05, 0.1) is 25.5 Å². The molecule has 0 atom stereocenters. The van der Waals surface area contributed by atoms with E-state index in [0.29, 0.717) is 28.6 Å². The lowest BCUT2D eigenvalue weighted by Gasteiger charge is -2.12. The molecule has 7 nitrogen and oxygen atoms in total. The number of anilines is 1. The second-order valence-electron chi connectivity index (χ2n) is 4.37. The molecule has 0 spiro atoms. The number of unbranched alkanes of at least 4 members (excludes halogenated alkanes) is 1. The molecule has 1 heterocycles. The topological polar surface area (TPSA) is 88.1 Å². The van der Waals surface area contributed by atoms with E-state index in [1.54, 1.807) is 25.0 Å². The van der Waals surface area contributed by atoms with Crippen LogP contribution in [0.25, 0.3) is 11.4 Å². The summed E-state index contributed by atoms with van der Waals surface area (Å²) in [6, 6.07) is 3.55. The molecular weight excluding hydrogens is 258 g/mol. The first-order valence-corrected chi connectivity index (χ1v) is 6.49. The number of nitrogens with zero attached hydrogens (tertiary/aromatic N) is 4. The monoisotopic (exact) mass is 277 g/mol. The van der Waals surface area contributed by atoms with Gasteiger partial charge in [-0.3, -0.25) is 0 Å². The summed E-state index contributed by atoms with van der Waals surface area (Å²) in [5, 5.41) is 11.8. The Hall–Kier alpha value is -2.31. The molecule has 0 aliphatic heterocycles. The first-order valence-electron chi connectivity index (χ1n) is 6.49. The fourth-order valence-electron chi connectivity index (χ4n) is 1.93. The van der Waals surface area contributed by atoms with Crippen molar-refractivity contribution in [1.82, 2.24) is 20.2 Å². The van der Waals surface area contributed by atoms with E-state index in [4.69, 9.17) is 15.2 Å². The highest BCUT2D eigenvalue weighted by atomic mass is 16.5. The minimum atomic E-state index is 0.501. The van der Waals surface area contributed by atoms with Gasteiger partial charge in [0.1, 0.15) is 11.5 Å². The van der Waals surface area contributed by atoms with Crippen LogP contribution in [-0.2, 0) is 6.54 Å². The molecule has 2 N–H and O–H groups in total. The summed E-state index contributed by atoms with van der Waals surface area (Å²) in [7, 11) is 3.16. The zero-order valence-corrected chi connectivity index (χ0v) is 12.0. The quantitative estimate of drug-likeness (QED) is 0.809. The van der Waals surface area contributed by atoms with Gasteiger partial charge in [-0.2, -0.15) is 0 Å². The van der Waals surface area contributed by atoms with Crippen LogP contribution >= 0.6 is 0 Å². The number of hydrogen-bond donors (Lipinski definition) is 1. The van der Waals surface area contributed by atoms with E-state index in [-0.39, 0.29) is 0 Å². The summed E-state index contributed by atoms with van der Waals surface area (Å²) < 4.78 is 12.3. The number of methoxy groups -OCH3 is 2. The Morgan fingerprint density at radius 3 is 2.70 bits per heavy atom. The summed E-state index contributed by atoms with van der Waals surface area (Å²) >= 11 is 0. The molecule has 0 aliphatic carbocycles. The number of benzene rings is 1. The Balaban J connectivity index is 2.48. The van der Waals surface area contributed by atoms with E-state index in [9.17, 15) is 0 Å². The van der Waals surface area contributed by atoms with Crippen molar-refractivity contribution >= 4 is 5.69 Å². The molecule has 2 aromatic rings. The number of rotatable bonds is 6. The summed E-state index contributed by atoms with van der Waals surface area (Å²) in [6.07, 6.45) is 2.06. The molecule has 1 aromatic carbocycles. The van der Waals surface area contributed by atoms with Crippen molar-refractivity contribution < 1.29 is 9.47 Å². The average molecular weight is 277 g/mol. The van der Waals surface area contributed by atoms with Crippen molar-refractivity contribution in [2.75, 3.05) is 20.0 Å². The van der Waals surface area contributed by atoms with Gasteiger partial charge in [0.15, 0.2) is 5.82 Å². The lowest BCUT2D eigenvalue weighted by Crippen LogP contribution is -2.05. The van der Waals surface area contributed by atoms with Gasteiger partial charge in [0.25, 0.3) is 0 Å². The molecule has 0 aliphatic rings. The van der Waals surface area contributed by atoms with Crippen LogP contribution in [0.1, 0.15) is 19.8 Å². The molecule has 0 unspecified atom stereocenters. The maximum absolute atomic E-state index is 6.12. The average Bonchev–Trinajstić information content (AvgIpc) is 2.93. The fraction of sp³-hybridized carbons (Fsp3) is 0.462. The Bertz CT molecular complexity index is 582. The first-order chi connectivity index (χ1) is 9.71. The maximum atomic E-state index is 6.12. The third kappa shape index (κ3) is 2.66. The number of nitrogen functional groups attached to an aromatic ring is 1. The number of tetrazole rings is 1. The Morgan fingerprint density at radius 2 is 2.05 bits per heavy atom. The number of aromatic nitrogens is 4. The lowest BCUT2D eigenvalue weighted by molar-refractivity contribution is 0.396. The van der Waals surface area contributed by atoms with Gasteiger partial charge in [-0.25, -0.2) is 4.68 Å². The fourth-order valence-corrected chi connectivity index (χ4v) is 1.93. The summed E-state index contributed by atoms with van der Waals surface area (Å²) in [6.45, 7) is 2.87. The summed E-state index contributed by atoms with van der Waals surface area (Å²) in [5.74, 6) is 1.81. The van der Waals surface area contributed by atoms with Gasteiger partial charge in [0.2, 0.25) is 0 Å². The van der Waals surface area contributed by atoms with Crippen molar-refractivity contribution in [3.05, 3.63) is 12.1 Å². The number of aryl methyl sites for hydroxylation is 1. The summed E-state index contributed by atoms with van der Waals surface area (Å²) in [5.41, 5.74) is 7.33. The van der Waals surface area contributed by atoms with E-state index >= 15 is 0 Å². The number of ether oxygens (including phenoxy) is 2. The standard InChI is InChI=1S/C13H19N5O2/c1-4-5-6-18-13(15-16-17-18)10-7-9(19-2)8-11(20-3)12(10)14/h7-8H,4-6,14H2,1-3H3. The van der Waals surface area contributed by atoms with Crippen molar-refractivity contribution in [1.29, 1.82) is 0 Å². The zero-order valence-electron chi connectivity index (χ0n) is 12.0. The predicted octanol–water partition coefficient (Wildman–Crippen LogP) is 1.74. The van der Waals surface area contributed by atoms with E-state index in [2.05, 4.69) is 22.4 Å². The third-order valence-electron chi connectivity index (χ3n) is 3.07. The van der Waals surface area contributed by atoms with Crippen molar-refractivity contribution in [3.63, 3.8) is 0 Å². The van der Waals surface area contributed by atoms with Crippen molar-refractivity contribution in [2.24, 2.45) is 0 Å². The normalized spacial score (nSPS) is 10.6. The molecule has 0 saturated heterocycles. The number of hydrogen-bond acceptors (Lipinski definition) is 6. The second-order valence-corrected chi connectivity index (χ2v) is 4.37. The Kier molecular flexibility index (Phi) is 4.39.